The minimum atomic E-state index is 0.558. The zero-order chi connectivity index (χ0) is 11.5. The summed E-state index contributed by atoms with van der Waals surface area (Å²) in [6, 6.07) is 11.4. The average Bonchev–Trinajstić information content (AvgIpc) is 2.59. The molecule has 1 unspecified atom stereocenters. The maximum atomic E-state index is 2.47. The Kier molecular flexibility index (Phi) is 3.33. The maximum Gasteiger partial charge on any atom is 0.0573 e. The van der Waals surface area contributed by atoms with Crippen LogP contribution in [0.25, 0.3) is 0 Å². The summed E-state index contributed by atoms with van der Waals surface area (Å²) in [7, 11) is 2.24. The van der Waals surface area contributed by atoms with Gasteiger partial charge in [0.15, 0.2) is 0 Å². The van der Waals surface area contributed by atoms with Crippen molar-refractivity contribution in [1.82, 2.24) is 4.90 Å². The average molecular weight is 215 g/mol. The third-order valence-electron chi connectivity index (χ3n) is 3.56. The van der Waals surface area contributed by atoms with E-state index < -0.39 is 0 Å². The van der Waals surface area contributed by atoms with E-state index in [0.717, 1.165) is 0 Å². The van der Waals surface area contributed by atoms with Gasteiger partial charge in [0.1, 0.15) is 0 Å². The molecule has 1 aliphatic heterocycles. The van der Waals surface area contributed by atoms with E-state index in [1.807, 2.05) is 0 Å². The van der Waals surface area contributed by atoms with Crippen molar-refractivity contribution in [2.24, 2.45) is 0 Å². The second-order valence-electron chi connectivity index (χ2n) is 4.72. The van der Waals surface area contributed by atoms with Crippen molar-refractivity contribution in [3.63, 3.8) is 0 Å². The zero-order valence-corrected chi connectivity index (χ0v) is 10.5. The minimum Gasteiger partial charge on any atom is -0.371 e. The van der Waals surface area contributed by atoms with Gasteiger partial charge in [0.05, 0.1) is 6.04 Å². The van der Waals surface area contributed by atoms with Crippen LogP contribution in [0, 0.1) is 0 Å². The lowest BCUT2D eigenvalue weighted by Crippen LogP contribution is -2.18. The molecule has 1 aromatic carbocycles. The molecule has 1 atom stereocenters. The van der Waals surface area contributed by atoms with E-state index in [0.29, 0.717) is 6.04 Å². The molecule has 1 heterocycles. The molecule has 0 saturated heterocycles. The third-order valence-corrected chi connectivity index (χ3v) is 3.56. The standard InChI is InChI=1S/C15H21N/c1-4-8-14-12(2)11-15(16(14)3)13-9-6-5-7-10-13/h5-7,9-10,15H,4,8,11H2,1-3H3. The number of nitrogens with zero attached hydrogens (tertiary/aromatic N) is 1. The number of hydrogen-bond donors (Lipinski definition) is 0. The predicted molar refractivity (Wildman–Crippen MR) is 69.2 cm³/mol. The lowest BCUT2D eigenvalue weighted by Gasteiger charge is -2.25. The first-order valence-electron chi connectivity index (χ1n) is 6.20. The second-order valence-corrected chi connectivity index (χ2v) is 4.72. The fourth-order valence-corrected chi connectivity index (χ4v) is 2.68. The summed E-state index contributed by atoms with van der Waals surface area (Å²) in [6.45, 7) is 4.54. The van der Waals surface area contributed by atoms with E-state index in [1.54, 1.807) is 11.3 Å². The van der Waals surface area contributed by atoms with Gasteiger partial charge in [0.2, 0.25) is 0 Å². The molecule has 0 N–H and O–H groups in total. The molecule has 0 bridgehead atoms. The van der Waals surface area contributed by atoms with Gasteiger partial charge in [-0.25, -0.2) is 0 Å². The largest absolute Gasteiger partial charge is 0.371 e. The van der Waals surface area contributed by atoms with E-state index in [2.05, 4.69) is 56.1 Å². The summed E-state index contributed by atoms with van der Waals surface area (Å²) in [6.07, 6.45) is 3.64. The Hall–Kier alpha value is -1.24. The summed E-state index contributed by atoms with van der Waals surface area (Å²) in [4.78, 5) is 2.47. The molecule has 1 aromatic rings. The van der Waals surface area contributed by atoms with Crippen LogP contribution >= 0.6 is 0 Å². The van der Waals surface area contributed by atoms with Crippen LogP contribution in [0.3, 0.4) is 0 Å². The Morgan fingerprint density at radius 3 is 2.56 bits per heavy atom. The molecule has 1 nitrogen and oxygen atoms in total. The third kappa shape index (κ3) is 1.99. The Morgan fingerprint density at radius 2 is 1.94 bits per heavy atom. The molecule has 1 heteroatoms. The summed E-state index contributed by atoms with van der Waals surface area (Å²) in [5.74, 6) is 0. The lowest BCUT2D eigenvalue weighted by molar-refractivity contribution is 0.331. The SMILES string of the molecule is CCCC1=C(C)CC(c2ccccc2)N1C. The summed E-state index contributed by atoms with van der Waals surface area (Å²) in [5.41, 5.74) is 4.56. The first kappa shape index (κ1) is 11.3. The van der Waals surface area contributed by atoms with Gasteiger partial charge in [-0.05, 0) is 25.3 Å². The molecule has 0 spiro atoms. The van der Waals surface area contributed by atoms with E-state index in [1.165, 1.54) is 24.8 Å². The van der Waals surface area contributed by atoms with Gasteiger partial charge >= 0.3 is 0 Å². The van der Waals surface area contributed by atoms with Crippen LogP contribution in [-0.2, 0) is 0 Å². The highest BCUT2D eigenvalue weighted by atomic mass is 15.2. The second kappa shape index (κ2) is 4.73. The zero-order valence-electron chi connectivity index (χ0n) is 10.5. The van der Waals surface area contributed by atoms with Crippen molar-refractivity contribution in [1.29, 1.82) is 0 Å². The van der Waals surface area contributed by atoms with Crippen molar-refractivity contribution in [3.05, 3.63) is 47.2 Å². The summed E-state index contributed by atoms with van der Waals surface area (Å²) in [5, 5.41) is 0. The Labute approximate surface area is 98.8 Å². The quantitative estimate of drug-likeness (QED) is 0.732. The Morgan fingerprint density at radius 1 is 1.25 bits per heavy atom. The van der Waals surface area contributed by atoms with Crippen LogP contribution in [0.1, 0.15) is 44.7 Å². The van der Waals surface area contributed by atoms with Crippen LogP contribution in [0.4, 0.5) is 0 Å². The van der Waals surface area contributed by atoms with Crippen molar-refractivity contribution >= 4 is 0 Å². The number of hydrogen-bond acceptors (Lipinski definition) is 1. The van der Waals surface area contributed by atoms with Crippen LogP contribution in [-0.4, -0.2) is 11.9 Å². The first-order chi connectivity index (χ1) is 7.74. The van der Waals surface area contributed by atoms with Gasteiger partial charge in [-0.15, -0.1) is 0 Å². The number of benzene rings is 1. The Balaban J connectivity index is 2.19. The van der Waals surface area contributed by atoms with Crippen molar-refractivity contribution in [2.45, 2.75) is 39.2 Å². The van der Waals surface area contributed by atoms with E-state index in [9.17, 15) is 0 Å². The summed E-state index contributed by atoms with van der Waals surface area (Å²) >= 11 is 0. The van der Waals surface area contributed by atoms with Gasteiger partial charge in [-0.1, -0.05) is 49.2 Å². The van der Waals surface area contributed by atoms with E-state index in [-0.39, 0.29) is 0 Å². The van der Waals surface area contributed by atoms with Crippen molar-refractivity contribution in [2.75, 3.05) is 7.05 Å². The van der Waals surface area contributed by atoms with Gasteiger partial charge in [-0.2, -0.15) is 0 Å². The monoisotopic (exact) mass is 215 g/mol. The molecule has 1 aliphatic rings. The fourth-order valence-electron chi connectivity index (χ4n) is 2.68. The molecule has 0 aliphatic carbocycles. The molecule has 0 amide bonds. The molecule has 0 radical (unpaired) electrons. The molecule has 0 fully saturated rings. The first-order valence-corrected chi connectivity index (χ1v) is 6.20. The van der Waals surface area contributed by atoms with Crippen LogP contribution in [0.15, 0.2) is 41.6 Å². The molecular weight excluding hydrogens is 194 g/mol. The smallest absolute Gasteiger partial charge is 0.0573 e. The molecule has 16 heavy (non-hydrogen) atoms. The highest BCUT2D eigenvalue weighted by Crippen LogP contribution is 2.38. The number of rotatable bonds is 3. The Bertz CT molecular complexity index is 378. The maximum absolute atomic E-state index is 2.47. The normalized spacial score (nSPS) is 20.7. The van der Waals surface area contributed by atoms with Gasteiger partial charge < -0.3 is 4.90 Å². The predicted octanol–water partition coefficient (Wildman–Crippen LogP) is 4.14. The van der Waals surface area contributed by atoms with Gasteiger partial charge in [0.25, 0.3) is 0 Å². The molecule has 0 saturated carbocycles. The van der Waals surface area contributed by atoms with E-state index >= 15 is 0 Å². The topological polar surface area (TPSA) is 3.24 Å². The molecular formula is C15H21N. The molecule has 0 aromatic heterocycles. The minimum absolute atomic E-state index is 0.558. The van der Waals surface area contributed by atoms with Gasteiger partial charge in [-0.3, -0.25) is 0 Å². The molecule has 86 valence electrons. The molecule has 2 rings (SSSR count). The van der Waals surface area contributed by atoms with Crippen molar-refractivity contribution in [3.8, 4) is 0 Å². The highest BCUT2D eigenvalue weighted by molar-refractivity contribution is 5.28. The van der Waals surface area contributed by atoms with Crippen LogP contribution in [0.5, 0.6) is 0 Å². The van der Waals surface area contributed by atoms with Gasteiger partial charge in [0, 0.05) is 12.7 Å². The number of allylic oxidation sites excluding steroid dienone is 1. The fraction of sp³-hybridized carbons (Fsp3) is 0.467. The van der Waals surface area contributed by atoms with E-state index in [4.69, 9.17) is 0 Å². The van der Waals surface area contributed by atoms with Crippen molar-refractivity contribution < 1.29 is 0 Å². The summed E-state index contributed by atoms with van der Waals surface area (Å²) < 4.78 is 0. The lowest BCUT2D eigenvalue weighted by atomic mass is 10.0. The van der Waals surface area contributed by atoms with Crippen LogP contribution < -0.4 is 0 Å². The highest BCUT2D eigenvalue weighted by Gasteiger charge is 2.26. The van der Waals surface area contributed by atoms with Crippen LogP contribution in [0.2, 0.25) is 0 Å².